The molecule has 0 N–H and O–H groups in total. The van der Waals surface area contributed by atoms with E-state index < -0.39 is 0 Å². The SMILES string of the molecule is C/C=C\C=C/C(C)(C)C=O.CC. The molecular formula is C11H20O. The van der Waals surface area contributed by atoms with Crippen molar-refractivity contribution in [3.8, 4) is 0 Å². The van der Waals surface area contributed by atoms with E-state index >= 15 is 0 Å². The standard InChI is InChI=1S/C9H14O.C2H6/c1-4-5-6-7-9(2,3)8-10;1-2/h4-8H,1-3H3;1-2H3/b5-4-,7-6-;. The molecule has 0 aliphatic heterocycles. The zero-order valence-corrected chi connectivity index (χ0v) is 8.79. The lowest BCUT2D eigenvalue weighted by molar-refractivity contribution is -0.112. The maximum Gasteiger partial charge on any atom is 0.129 e. The minimum Gasteiger partial charge on any atom is -0.302 e. The summed E-state index contributed by atoms with van der Waals surface area (Å²) in [5, 5.41) is 0. The van der Waals surface area contributed by atoms with Crippen molar-refractivity contribution in [3.05, 3.63) is 24.3 Å². The Kier molecular flexibility index (Phi) is 9.43. The molecule has 0 saturated heterocycles. The molecule has 0 amide bonds. The number of rotatable bonds is 3. The summed E-state index contributed by atoms with van der Waals surface area (Å²) in [5.74, 6) is 0. The first-order valence-corrected chi connectivity index (χ1v) is 4.39. The number of allylic oxidation sites excluding steroid dienone is 4. The van der Waals surface area contributed by atoms with Crippen molar-refractivity contribution in [2.24, 2.45) is 5.41 Å². The molecule has 0 saturated carbocycles. The van der Waals surface area contributed by atoms with Gasteiger partial charge in [0.1, 0.15) is 6.29 Å². The molecule has 0 atom stereocenters. The summed E-state index contributed by atoms with van der Waals surface area (Å²) in [4.78, 5) is 10.3. The normalized spacial score (nSPS) is 11.4. The summed E-state index contributed by atoms with van der Waals surface area (Å²) in [6, 6.07) is 0. The fourth-order valence-corrected chi connectivity index (χ4v) is 0.454. The minimum atomic E-state index is -0.320. The van der Waals surface area contributed by atoms with Crippen molar-refractivity contribution in [3.63, 3.8) is 0 Å². The van der Waals surface area contributed by atoms with Crippen molar-refractivity contribution in [1.29, 1.82) is 0 Å². The second kappa shape index (κ2) is 8.25. The molecule has 0 aromatic heterocycles. The van der Waals surface area contributed by atoms with E-state index in [2.05, 4.69) is 0 Å². The van der Waals surface area contributed by atoms with Gasteiger partial charge in [-0.25, -0.2) is 0 Å². The summed E-state index contributed by atoms with van der Waals surface area (Å²) in [6.07, 6.45) is 8.53. The van der Waals surface area contributed by atoms with E-state index in [-0.39, 0.29) is 5.41 Å². The summed E-state index contributed by atoms with van der Waals surface area (Å²) < 4.78 is 0. The van der Waals surface area contributed by atoms with Crippen molar-refractivity contribution in [2.45, 2.75) is 34.6 Å². The highest BCUT2D eigenvalue weighted by atomic mass is 16.1. The van der Waals surface area contributed by atoms with Gasteiger partial charge >= 0.3 is 0 Å². The third-order valence-corrected chi connectivity index (χ3v) is 1.13. The molecule has 0 spiro atoms. The fourth-order valence-electron chi connectivity index (χ4n) is 0.454. The van der Waals surface area contributed by atoms with Gasteiger partial charge in [-0.15, -0.1) is 0 Å². The van der Waals surface area contributed by atoms with Gasteiger partial charge in [0.15, 0.2) is 0 Å². The summed E-state index contributed by atoms with van der Waals surface area (Å²) in [7, 11) is 0. The van der Waals surface area contributed by atoms with Crippen LogP contribution >= 0.6 is 0 Å². The largest absolute Gasteiger partial charge is 0.302 e. The lowest BCUT2D eigenvalue weighted by Gasteiger charge is -2.07. The molecule has 12 heavy (non-hydrogen) atoms. The lowest BCUT2D eigenvalue weighted by Crippen LogP contribution is -2.07. The topological polar surface area (TPSA) is 17.1 Å². The fraction of sp³-hybridized carbons (Fsp3) is 0.545. The average molecular weight is 168 g/mol. The van der Waals surface area contributed by atoms with Crippen LogP contribution in [0.3, 0.4) is 0 Å². The molecule has 0 aromatic carbocycles. The van der Waals surface area contributed by atoms with Crippen LogP contribution in [0.2, 0.25) is 0 Å². The summed E-state index contributed by atoms with van der Waals surface area (Å²) >= 11 is 0. The second-order valence-electron chi connectivity index (χ2n) is 2.82. The number of hydrogen-bond acceptors (Lipinski definition) is 1. The molecule has 0 rings (SSSR count). The first kappa shape index (κ1) is 13.7. The van der Waals surface area contributed by atoms with Crippen LogP contribution in [0.5, 0.6) is 0 Å². The molecule has 0 heterocycles. The summed E-state index contributed by atoms with van der Waals surface area (Å²) in [5.41, 5.74) is -0.320. The number of aldehydes is 1. The quantitative estimate of drug-likeness (QED) is 0.466. The smallest absolute Gasteiger partial charge is 0.129 e. The van der Waals surface area contributed by atoms with Gasteiger partial charge in [0.05, 0.1) is 0 Å². The van der Waals surface area contributed by atoms with Crippen LogP contribution < -0.4 is 0 Å². The van der Waals surface area contributed by atoms with E-state index in [1.54, 1.807) is 0 Å². The van der Waals surface area contributed by atoms with E-state index in [0.717, 1.165) is 6.29 Å². The zero-order chi connectivity index (χ0) is 10.0. The van der Waals surface area contributed by atoms with E-state index in [1.807, 2.05) is 58.9 Å². The predicted molar refractivity (Wildman–Crippen MR) is 55.1 cm³/mol. The number of carbonyl (C=O) groups excluding carboxylic acids is 1. The van der Waals surface area contributed by atoms with Gasteiger partial charge in [-0.05, 0) is 20.8 Å². The molecule has 0 radical (unpaired) electrons. The average Bonchev–Trinajstić information content (AvgIpc) is 2.09. The number of hydrogen-bond donors (Lipinski definition) is 0. The van der Waals surface area contributed by atoms with E-state index in [1.165, 1.54) is 0 Å². The Balaban J connectivity index is 0. The highest BCUT2D eigenvalue weighted by molar-refractivity contribution is 5.61. The Bertz CT molecular complexity index is 152. The molecule has 70 valence electrons. The maximum absolute atomic E-state index is 10.3. The van der Waals surface area contributed by atoms with E-state index in [9.17, 15) is 4.79 Å². The first-order chi connectivity index (χ1) is 5.62. The molecule has 0 unspecified atom stereocenters. The molecule has 0 aromatic rings. The van der Waals surface area contributed by atoms with Gasteiger partial charge in [-0.1, -0.05) is 38.2 Å². The van der Waals surface area contributed by atoms with Gasteiger partial charge in [-0.3, -0.25) is 0 Å². The van der Waals surface area contributed by atoms with Crippen molar-refractivity contribution in [2.75, 3.05) is 0 Å². The van der Waals surface area contributed by atoms with Crippen LogP contribution in [0.15, 0.2) is 24.3 Å². The Hall–Kier alpha value is -0.850. The highest BCUT2D eigenvalue weighted by Gasteiger charge is 2.09. The van der Waals surface area contributed by atoms with Gasteiger partial charge in [-0.2, -0.15) is 0 Å². The third kappa shape index (κ3) is 9.15. The monoisotopic (exact) mass is 168 g/mol. The van der Waals surface area contributed by atoms with Crippen molar-refractivity contribution in [1.82, 2.24) is 0 Å². The highest BCUT2D eigenvalue weighted by Crippen LogP contribution is 2.11. The Labute approximate surface area is 76.2 Å². The molecule has 1 nitrogen and oxygen atoms in total. The van der Waals surface area contributed by atoms with Gasteiger partial charge in [0.25, 0.3) is 0 Å². The Morgan fingerprint density at radius 3 is 1.92 bits per heavy atom. The third-order valence-electron chi connectivity index (χ3n) is 1.13. The van der Waals surface area contributed by atoms with Crippen LogP contribution in [0.4, 0.5) is 0 Å². The van der Waals surface area contributed by atoms with Gasteiger partial charge < -0.3 is 4.79 Å². The van der Waals surface area contributed by atoms with Gasteiger partial charge in [0.2, 0.25) is 0 Å². The Morgan fingerprint density at radius 2 is 1.58 bits per heavy atom. The molecule has 0 aliphatic rings. The van der Waals surface area contributed by atoms with E-state index in [4.69, 9.17) is 0 Å². The van der Waals surface area contributed by atoms with Crippen LogP contribution in [0, 0.1) is 5.41 Å². The van der Waals surface area contributed by atoms with Gasteiger partial charge in [0, 0.05) is 5.41 Å². The molecule has 0 fully saturated rings. The van der Waals surface area contributed by atoms with Crippen LogP contribution in [-0.4, -0.2) is 6.29 Å². The minimum absolute atomic E-state index is 0.320. The van der Waals surface area contributed by atoms with Crippen LogP contribution in [0.1, 0.15) is 34.6 Å². The predicted octanol–water partition coefficient (Wildman–Crippen LogP) is 3.37. The second-order valence-corrected chi connectivity index (χ2v) is 2.82. The molecule has 0 bridgehead atoms. The maximum atomic E-state index is 10.3. The van der Waals surface area contributed by atoms with Crippen molar-refractivity contribution < 1.29 is 4.79 Å². The number of carbonyl (C=O) groups is 1. The van der Waals surface area contributed by atoms with Crippen LogP contribution in [0.25, 0.3) is 0 Å². The molecular weight excluding hydrogens is 148 g/mol. The zero-order valence-electron chi connectivity index (χ0n) is 8.79. The first-order valence-electron chi connectivity index (χ1n) is 4.39. The summed E-state index contributed by atoms with van der Waals surface area (Å²) in [6.45, 7) is 9.69. The van der Waals surface area contributed by atoms with Crippen molar-refractivity contribution >= 4 is 6.29 Å². The molecule has 1 heteroatoms. The van der Waals surface area contributed by atoms with Crippen LogP contribution in [-0.2, 0) is 4.79 Å². The lowest BCUT2D eigenvalue weighted by atomic mass is 9.95. The van der Waals surface area contributed by atoms with E-state index in [0.29, 0.717) is 0 Å². The Morgan fingerprint density at radius 1 is 1.08 bits per heavy atom. The molecule has 0 aliphatic carbocycles.